The molecular formula is C73H64IrN7. The number of hydrogen-bond donors (Lipinski definition) is 0. The number of nitrogens with zero attached hydrogens (tertiary/aromatic N) is 7. The summed E-state index contributed by atoms with van der Waals surface area (Å²) in [6.07, 6.45) is 11.4. The van der Waals surface area contributed by atoms with E-state index in [0.717, 1.165) is 105 Å². The molecule has 0 amide bonds. The zero-order valence-corrected chi connectivity index (χ0v) is 49.8. The van der Waals surface area contributed by atoms with E-state index in [4.69, 9.17) is 24.9 Å². The SMILES string of the molecule is CC1(C)CC(C)(C)c2c1nc1c3[c-]cc(CCc4cc(CCc5c[c-]c6c(c5)ncn5c7c(nc65)C(C)(C)CC7(C)C)cc(-c5ccccc5-c5c[c-]c(-c6cc(-c7ccc(-c8ccccc8)cc7)ccn6)cc5)c4)cc3ncn21.[Ir+3]. The number of benzene rings is 7. The van der Waals surface area contributed by atoms with E-state index in [1.165, 1.54) is 67.3 Å². The van der Waals surface area contributed by atoms with Crippen LogP contribution in [0.1, 0.15) is 113 Å². The second kappa shape index (κ2) is 19.7. The van der Waals surface area contributed by atoms with Crippen molar-refractivity contribution in [2.45, 2.75) is 116 Å². The van der Waals surface area contributed by atoms with E-state index >= 15 is 0 Å². The molecule has 8 heteroatoms. The van der Waals surface area contributed by atoms with E-state index in [9.17, 15) is 0 Å². The molecule has 2 aliphatic carbocycles. The molecule has 0 unspecified atom stereocenters. The monoisotopic (exact) mass is 1230 g/mol. The molecule has 0 radical (unpaired) electrons. The Morgan fingerprint density at radius 2 is 0.901 bits per heavy atom. The van der Waals surface area contributed by atoms with Gasteiger partial charge in [0.1, 0.15) is 0 Å². The number of rotatable bonds is 11. The van der Waals surface area contributed by atoms with Crippen molar-refractivity contribution >= 4 is 33.1 Å². The average Bonchev–Trinajstić information content (AvgIpc) is 4.39. The third kappa shape index (κ3) is 9.31. The van der Waals surface area contributed by atoms with Gasteiger partial charge in [0.25, 0.3) is 0 Å². The molecular weight excluding hydrogens is 1170 g/mol. The van der Waals surface area contributed by atoms with Gasteiger partial charge in [0.2, 0.25) is 0 Å². The Kier molecular flexibility index (Phi) is 12.7. The van der Waals surface area contributed by atoms with E-state index in [2.05, 4.69) is 234 Å². The molecule has 0 N–H and O–H groups in total. The van der Waals surface area contributed by atoms with Gasteiger partial charge in [0, 0.05) is 39.2 Å². The first-order chi connectivity index (χ1) is 38.5. The first-order valence-corrected chi connectivity index (χ1v) is 28.4. The van der Waals surface area contributed by atoms with Gasteiger partial charge in [-0.05, 0) is 93.0 Å². The van der Waals surface area contributed by atoms with E-state index in [1.807, 2.05) is 18.9 Å². The molecule has 0 fully saturated rings. The van der Waals surface area contributed by atoms with Gasteiger partial charge in [-0.3, -0.25) is 19.9 Å². The molecule has 5 heterocycles. The number of fused-ring (bicyclic) bond motifs is 10. The van der Waals surface area contributed by atoms with Crippen LogP contribution in [0.2, 0.25) is 0 Å². The molecule has 0 atom stereocenters. The van der Waals surface area contributed by atoms with Crippen molar-refractivity contribution in [3.8, 4) is 55.8 Å². The van der Waals surface area contributed by atoms with Crippen LogP contribution in [0, 0.1) is 18.2 Å². The number of pyridine rings is 1. The molecule has 400 valence electrons. The molecule has 12 aromatic rings. The second-order valence-corrected chi connectivity index (χ2v) is 25.4. The van der Waals surface area contributed by atoms with Crippen molar-refractivity contribution in [2.75, 3.05) is 0 Å². The minimum atomic E-state index is 0. The number of hydrogen-bond acceptors (Lipinski definition) is 5. The Labute approximate surface area is 489 Å². The Morgan fingerprint density at radius 1 is 0.420 bits per heavy atom. The van der Waals surface area contributed by atoms with Crippen molar-refractivity contribution in [3.05, 3.63) is 234 Å². The van der Waals surface area contributed by atoms with Crippen LogP contribution in [0.5, 0.6) is 0 Å². The van der Waals surface area contributed by atoms with Gasteiger partial charge in [-0.1, -0.05) is 193 Å². The summed E-state index contributed by atoms with van der Waals surface area (Å²) in [6, 6.07) is 65.8. The number of imidazole rings is 2. The van der Waals surface area contributed by atoms with Crippen LogP contribution in [-0.2, 0) is 67.4 Å². The summed E-state index contributed by atoms with van der Waals surface area (Å²) in [7, 11) is 0. The summed E-state index contributed by atoms with van der Waals surface area (Å²) < 4.78 is 4.44. The maximum Gasteiger partial charge on any atom is 3.00 e. The molecule has 7 aromatic carbocycles. The summed E-state index contributed by atoms with van der Waals surface area (Å²) in [5.74, 6) is 0. The maximum absolute atomic E-state index is 5.27. The minimum absolute atomic E-state index is 0. The smallest absolute Gasteiger partial charge is 0.328 e. The number of aromatic nitrogens is 7. The Bertz CT molecular complexity index is 4240. The molecule has 7 nitrogen and oxygen atoms in total. The summed E-state index contributed by atoms with van der Waals surface area (Å²) in [4.78, 5) is 25.4. The maximum atomic E-state index is 5.27. The summed E-state index contributed by atoms with van der Waals surface area (Å²) in [5.41, 5.74) is 24.9. The van der Waals surface area contributed by atoms with Crippen molar-refractivity contribution in [3.63, 3.8) is 0 Å². The van der Waals surface area contributed by atoms with Crippen LogP contribution in [0.3, 0.4) is 0 Å². The third-order valence-electron chi connectivity index (χ3n) is 17.4. The van der Waals surface area contributed by atoms with E-state index in [-0.39, 0.29) is 41.8 Å². The molecule has 2 aliphatic rings. The first kappa shape index (κ1) is 52.5. The van der Waals surface area contributed by atoms with E-state index in [0.29, 0.717) is 0 Å². The van der Waals surface area contributed by atoms with Crippen LogP contribution in [-0.4, -0.2) is 33.7 Å². The first-order valence-electron chi connectivity index (χ1n) is 28.4. The zero-order valence-electron chi connectivity index (χ0n) is 47.4. The van der Waals surface area contributed by atoms with Gasteiger partial charge in [0.05, 0.1) is 35.3 Å². The van der Waals surface area contributed by atoms with E-state index in [1.54, 1.807) is 0 Å². The predicted octanol–water partition coefficient (Wildman–Crippen LogP) is 16.7. The van der Waals surface area contributed by atoms with Gasteiger partial charge in [-0.2, -0.15) is 0 Å². The van der Waals surface area contributed by atoms with Gasteiger partial charge in [0.15, 0.2) is 0 Å². The van der Waals surface area contributed by atoms with Crippen molar-refractivity contribution in [2.24, 2.45) is 0 Å². The van der Waals surface area contributed by atoms with Crippen LogP contribution in [0.4, 0.5) is 0 Å². The largest absolute Gasteiger partial charge is 3.00 e. The third-order valence-corrected chi connectivity index (χ3v) is 17.4. The molecule has 0 spiro atoms. The van der Waals surface area contributed by atoms with E-state index < -0.39 is 0 Å². The molecule has 0 aliphatic heterocycles. The Balaban J connectivity index is 0.00000618. The molecule has 81 heavy (non-hydrogen) atoms. The van der Waals surface area contributed by atoms with Crippen molar-refractivity contribution < 1.29 is 20.1 Å². The fourth-order valence-electron chi connectivity index (χ4n) is 14.1. The van der Waals surface area contributed by atoms with Crippen molar-refractivity contribution in [1.82, 2.24) is 33.7 Å². The van der Waals surface area contributed by atoms with Gasteiger partial charge < -0.3 is 13.8 Å². The molecule has 0 saturated carbocycles. The van der Waals surface area contributed by atoms with Gasteiger partial charge >= 0.3 is 20.1 Å². The molecule has 0 bridgehead atoms. The van der Waals surface area contributed by atoms with Crippen molar-refractivity contribution in [1.29, 1.82) is 0 Å². The summed E-state index contributed by atoms with van der Waals surface area (Å²) in [6.45, 7) is 18.6. The number of aryl methyl sites for hydroxylation is 4. The fourth-order valence-corrected chi connectivity index (χ4v) is 14.1. The minimum Gasteiger partial charge on any atom is -0.328 e. The molecule has 5 aromatic heterocycles. The topological polar surface area (TPSA) is 73.3 Å². The molecule has 0 saturated heterocycles. The Hall–Kier alpha value is -7.90. The fraction of sp³-hybridized carbons (Fsp3) is 0.247. The molecule has 14 rings (SSSR count). The Morgan fingerprint density at radius 3 is 1.43 bits per heavy atom. The quantitative estimate of drug-likeness (QED) is 0.121. The standard InChI is InChI=1S/C73H64N7.Ir/c1-70(2)42-72(5,6)66-64(70)77-68-59-32-22-46(39-62(59)75-44-79(66)68)18-20-48-36-49(21-19-47-23-33-60-63(40-47)76-45-80-67-65(78-69(60)80)71(3,4)43-73(67,7)8)38-56(37-48)58-17-13-12-16-57(58)53-28-30-54(31-29-53)61-41-55(34-35-74-61)52-26-24-51(25-27-52)50-14-10-9-11-15-50;/h9-17,22-30,34-41,44-45H,18-21,42-43H2,1-8H3;/q-3;+3. The summed E-state index contributed by atoms with van der Waals surface area (Å²) >= 11 is 0. The summed E-state index contributed by atoms with van der Waals surface area (Å²) in [5, 5.41) is 1.95. The van der Waals surface area contributed by atoms with Crippen LogP contribution in [0.15, 0.2) is 171 Å². The van der Waals surface area contributed by atoms with Gasteiger partial charge in [-0.25, -0.2) is 0 Å². The second-order valence-electron chi connectivity index (χ2n) is 25.4. The van der Waals surface area contributed by atoms with Crippen LogP contribution >= 0.6 is 0 Å². The normalized spacial score (nSPS) is 15.6. The van der Waals surface area contributed by atoms with Gasteiger partial charge in [-0.15, -0.1) is 77.4 Å². The van der Waals surface area contributed by atoms with Crippen LogP contribution in [0.25, 0.3) is 88.9 Å². The zero-order chi connectivity index (χ0) is 54.7. The average molecular weight is 1230 g/mol. The predicted molar refractivity (Wildman–Crippen MR) is 325 cm³/mol. The van der Waals surface area contributed by atoms with Crippen LogP contribution < -0.4 is 0 Å².